The van der Waals surface area contributed by atoms with Gasteiger partial charge in [-0.2, -0.15) is 0 Å². The van der Waals surface area contributed by atoms with Gasteiger partial charge in [0.15, 0.2) is 0 Å². The summed E-state index contributed by atoms with van der Waals surface area (Å²) in [5, 5.41) is 15.3. The molecule has 2 heterocycles. The van der Waals surface area contributed by atoms with Gasteiger partial charge in [-0.25, -0.2) is 0 Å². The van der Waals surface area contributed by atoms with Gasteiger partial charge in [0.2, 0.25) is 0 Å². The van der Waals surface area contributed by atoms with Gasteiger partial charge in [-0.3, -0.25) is 10.1 Å². The molecule has 0 aromatic heterocycles. The molecule has 1 saturated heterocycles. The molecule has 0 radical (unpaired) electrons. The molecule has 3 aromatic rings. The molecule has 7 heteroatoms. The van der Waals surface area contributed by atoms with E-state index in [1.165, 1.54) is 20.1 Å². The number of nitro benzene ring substituents is 1. The summed E-state index contributed by atoms with van der Waals surface area (Å²) in [6.07, 6.45) is -0.500. The summed E-state index contributed by atoms with van der Waals surface area (Å²) in [5.74, 6) is 0.699. The predicted octanol–water partition coefficient (Wildman–Crippen LogP) is 1.93. The summed E-state index contributed by atoms with van der Waals surface area (Å²) in [4.78, 5) is 13.5. The average molecular weight is 542 g/mol. The van der Waals surface area contributed by atoms with E-state index in [1.54, 1.807) is 18.2 Å². The zero-order valence-electron chi connectivity index (χ0n) is 17.6. The Morgan fingerprint density at radius 2 is 1.72 bits per heavy atom. The van der Waals surface area contributed by atoms with Crippen molar-refractivity contribution in [3.05, 3.63) is 99.6 Å². The zero-order chi connectivity index (χ0) is 21.9. The third-order valence-corrected chi connectivity index (χ3v) is 9.41. The van der Waals surface area contributed by atoms with Crippen molar-refractivity contribution in [1.82, 2.24) is 0 Å². The first-order valence-electron chi connectivity index (χ1n) is 10.8. The van der Waals surface area contributed by atoms with Crippen LogP contribution in [0.4, 0.5) is 17.1 Å². The third-order valence-electron chi connectivity index (χ3n) is 6.04. The number of nitrogens with one attached hydrogen (secondary N) is 1. The fraction of sp³-hybridized carbons (Fsp3) is 0.280. The number of anilines is 2. The summed E-state index contributed by atoms with van der Waals surface area (Å²) in [6.45, 7) is 1.82. The van der Waals surface area contributed by atoms with E-state index in [4.69, 9.17) is 4.74 Å². The summed E-state index contributed by atoms with van der Waals surface area (Å²) in [6, 6.07) is 23.6. The Kier molecular flexibility index (Phi) is 6.27. The quantitative estimate of drug-likeness (QED) is 0.214. The Hall–Kier alpha value is -2.65. The number of para-hydroxylation sites is 3. The zero-order valence-corrected chi connectivity index (χ0v) is 19.8. The van der Waals surface area contributed by atoms with Crippen molar-refractivity contribution in [3.8, 4) is 0 Å². The van der Waals surface area contributed by atoms with Gasteiger partial charge in [-0.15, -0.1) is 0 Å². The van der Waals surface area contributed by atoms with Crippen molar-refractivity contribution in [2.24, 2.45) is 0 Å². The Bertz CT molecular complexity index is 1120. The topological polar surface area (TPSA) is 67.6 Å². The third kappa shape index (κ3) is 4.19. The van der Waals surface area contributed by atoms with Gasteiger partial charge in [0.25, 0.3) is 0 Å². The number of benzene rings is 3. The van der Waals surface area contributed by atoms with Gasteiger partial charge < -0.3 is 0 Å². The normalized spacial score (nSPS) is 18.2. The van der Waals surface area contributed by atoms with E-state index in [1.807, 2.05) is 18.2 Å². The molecular weight excluding hydrogens is 517 g/mol. The van der Waals surface area contributed by atoms with Crippen LogP contribution < -0.4 is 31.4 Å². The number of hydrogen-bond donors (Lipinski definition) is 1. The van der Waals surface area contributed by atoms with Gasteiger partial charge in [0.05, 0.1) is 0 Å². The molecular formula is C25H25IN3O3-. The molecule has 1 N–H and O–H groups in total. The molecule has 0 aliphatic carbocycles. The molecule has 0 spiro atoms. The van der Waals surface area contributed by atoms with Crippen molar-refractivity contribution >= 4 is 17.1 Å². The second-order valence-electron chi connectivity index (χ2n) is 8.01. The minimum atomic E-state index is -0.500. The predicted molar refractivity (Wildman–Crippen MR) is 122 cm³/mol. The standard InChI is InChI=1S/C25H25IN3O3/c30-29(31)24-12-6-3-9-21(24)25-28(23-11-5-1-7-18(23)17-32-25)14-13-27-22-10-4-2-8-20(22)19-15-26-16-19/h1-12,19,25,27H,13-17H2/q-1. The summed E-state index contributed by atoms with van der Waals surface area (Å²) >= 11 is 0.410. The van der Waals surface area contributed by atoms with Crippen LogP contribution in [0.2, 0.25) is 0 Å². The second kappa shape index (κ2) is 9.46. The number of hydrogen-bond acceptors (Lipinski definition) is 5. The number of nitrogens with zero attached hydrogens (tertiary/aromatic N) is 2. The number of nitro groups is 1. The Morgan fingerprint density at radius 3 is 2.50 bits per heavy atom. The van der Waals surface area contributed by atoms with E-state index in [9.17, 15) is 10.1 Å². The number of fused-ring (bicyclic) bond motifs is 1. The number of ether oxygens (including phenoxy) is 1. The SMILES string of the molecule is O=[N+]([O-])c1ccccc1C1OCc2ccccc2N1CCNc1ccccc1C1C[I-]C1. The fourth-order valence-corrected chi connectivity index (χ4v) is 6.56. The molecule has 1 atom stereocenters. The first-order valence-corrected chi connectivity index (χ1v) is 13.8. The minimum absolute atomic E-state index is 0.0912. The van der Waals surface area contributed by atoms with E-state index >= 15 is 0 Å². The molecule has 2 aliphatic heterocycles. The van der Waals surface area contributed by atoms with Crippen LogP contribution in [0.3, 0.4) is 0 Å². The monoisotopic (exact) mass is 542 g/mol. The molecule has 2 aliphatic rings. The Balaban J connectivity index is 1.40. The van der Waals surface area contributed by atoms with E-state index < -0.39 is 6.23 Å². The van der Waals surface area contributed by atoms with Gasteiger partial charge >= 0.3 is 182 Å². The number of halogens is 1. The van der Waals surface area contributed by atoms with Gasteiger partial charge in [0, 0.05) is 0 Å². The van der Waals surface area contributed by atoms with Crippen LogP contribution in [-0.4, -0.2) is 26.9 Å². The van der Waals surface area contributed by atoms with Crippen LogP contribution in [0.15, 0.2) is 72.8 Å². The molecule has 0 bridgehead atoms. The molecule has 32 heavy (non-hydrogen) atoms. The van der Waals surface area contributed by atoms with Crippen LogP contribution in [0.5, 0.6) is 0 Å². The van der Waals surface area contributed by atoms with E-state index in [2.05, 4.69) is 46.6 Å². The van der Waals surface area contributed by atoms with Crippen molar-refractivity contribution in [3.63, 3.8) is 0 Å². The van der Waals surface area contributed by atoms with E-state index in [0.717, 1.165) is 11.3 Å². The van der Waals surface area contributed by atoms with Crippen molar-refractivity contribution in [2.75, 3.05) is 32.2 Å². The molecule has 5 rings (SSSR count). The van der Waals surface area contributed by atoms with E-state index in [0.29, 0.717) is 52.4 Å². The average Bonchev–Trinajstić information content (AvgIpc) is 2.79. The first kappa shape index (κ1) is 21.2. The Morgan fingerprint density at radius 1 is 1.00 bits per heavy atom. The molecule has 166 valence electrons. The molecule has 1 fully saturated rings. The van der Waals surface area contributed by atoms with Crippen LogP contribution in [-0.2, 0) is 11.3 Å². The van der Waals surface area contributed by atoms with Gasteiger partial charge in [0.1, 0.15) is 0 Å². The molecule has 1 unspecified atom stereocenters. The molecule has 3 aromatic carbocycles. The van der Waals surface area contributed by atoms with Crippen molar-refractivity contribution in [2.45, 2.75) is 18.8 Å². The number of rotatable bonds is 7. The van der Waals surface area contributed by atoms with E-state index in [-0.39, 0.29) is 10.6 Å². The summed E-state index contributed by atoms with van der Waals surface area (Å²) in [7, 11) is 0. The van der Waals surface area contributed by atoms with Gasteiger partial charge in [-0.05, 0) is 0 Å². The Labute approximate surface area is 198 Å². The second-order valence-corrected chi connectivity index (χ2v) is 10.9. The van der Waals surface area contributed by atoms with Gasteiger partial charge in [-0.1, -0.05) is 6.07 Å². The van der Waals surface area contributed by atoms with Crippen molar-refractivity contribution < 1.29 is 30.9 Å². The van der Waals surface area contributed by atoms with Crippen LogP contribution in [0, 0.1) is 10.1 Å². The summed E-state index contributed by atoms with van der Waals surface area (Å²) < 4.78 is 8.91. The maximum atomic E-state index is 11.7. The van der Waals surface area contributed by atoms with Crippen LogP contribution in [0.25, 0.3) is 0 Å². The molecule has 0 saturated carbocycles. The molecule has 6 nitrogen and oxygen atoms in total. The fourth-order valence-electron chi connectivity index (χ4n) is 4.37. The number of alkyl halides is 2. The first-order chi connectivity index (χ1) is 15.7. The van der Waals surface area contributed by atoms with Crippen LogP contribution >= 0.6 is 0 Å². The maximum absolute atomic E-state index is 11.7. The van der Waals surface area contributed by atoms with Crippen molar-refractivity contribution in [1.29, 1.82) is 0 Å². The van der Waals surface area contributed by atoms with Crippen LogP contribution in [0.1, 0.15) is 28.8 Å². The summed E-state index contributed by atoms with van der Waals surface area (Å²) in [5.41, 5.74) is 5.47. The molecule has 0 amide bonds.